The van der Waals surface area contributed by atoms with E-state index in [-0.39, 0.29) is 50.7 Å². The maximum Gasteiger partial charge on any atom is 0.336 e. The van der Waals surface area contributed by atoms with Crippen LogP contribution in [0.1, 0.15) is 64.7 Å². The third kappa shape index (κ3) is 6.19. The summed E-state index contributed by atoms with van der Waals surface area (Å²) in [4.78, 5) is 90.5. The lowest BCUT2D eigenvalue weighted by Crippen LogP contribution is -2.34. The van der Waals surface area contributed by atoms with E-state index in [0.717, 1.165) is 0 Å². The minimum atomic E-state index is -0.842. The molecule has 2 rings (SSSR count). The summed E-state index contributed by atoms with van der Waals surface area (Å²) in [5.41, 5.74) is 0. The topological polar surface area (TPSA) is 144 Å². The van der Waals surface area contributed by atoms with Crippen molar-refractivity contribution in [2.45, 2.75) is 64.7 Å². The van der Waals surface area contributed by atoms with Gasteiger partial charge >= 0.3 is 11.9 Å². The Bertz CT molecular complexity index is 714. The smallest absolute Gasteiger partial charge is 0.330 e. The first-order chi connectivity index (χ1) is 13.7. The summed E-state index contributed by atoms with van der Waals surface area (Å²) in [6.07, 6.45) is 0.565. The minimum absolute atomic E-state index is 0.0120. The van der Waals surface area contributed by atoms with E-state index in [4.69, 9.17) is 9.68 Å². The van der Waals surface area contributed by atoms with Gasteiger partial charge in [-0.25, -0.2) is 9.59 Å². The van der Waals surface area contributed by atoms with Crippen LogP contribution in [0.3, 0.4) is 0 Å². The predicted octanol–water partition coefficient (Wildman–Crippen LogP) is 0.356. The van der Waals surface area contributed by atoms with Gasteiger partial charge < -0.3 is 9.68 Å². The SMILES string of the molecule is C[C@H](CC(=O)CCCCC(=O)ON1C(=O)CCC1=O)C(=O)ON1C(=O)CCC1=O. The van der Waals surface area contributed by atoms with Crippen LogP contribution in [-0.4, -0.2) is 51.5 Å². The first-order valence-corrected chi connectivity index (χ1v) is 9.35. The minimum Gasteiger partial charge on any atom is -0.330 e. The molecule has 2 heterocycles. The lowest BCUT2D eigenvalue weighted by atomic mass is 10.0. The Hall–Kier alpha value is -3.11. The van der Waals surface area contributed by atoms with Crippen LogP contribution < -0.4 is 0 Å². The summed E-state index contributed by atoms with van der Waals surface area (Å²) in [6, 6.07) is 0. The summed E-state index contributed by atoms with van der Waals surface area (Å²) in [7, 11) is 0. The number of carbonyl (C=O) groups is 7. The fourth-order valence-corrected chi connectivity index (χ4v) is 2.76. The molecule has 11 nitrogen and oxygen atoms in total. The fourth-order valence-electron chi connectivity index (χ4n) is 2.76. The van der Waals surface area contributed by atoms with Crippen molar-refractivity contribution in [3.05, 3.63) is 0 Å². The number of hydrogen-bond acceptors (Lipinski definition) is 9. The molecule has 2 aliphatic rings. The zero-order valence-electron chi connectivity index (χ0n) is 16.0. The van der Waals surface area contributed by atoms with Gasteiger partial charge in [-0.05, 0) is 12.8 Å². The van der Waals surface area contributed by atoms with Crippen molar-refractivity contribution >= 4 is 41.4 Å². The van der Waals surface area contributed by atoms with E-state index in [9.17, 15) is 33.6 Å². The highest BCUT2D eigenvalue weighted by molar-refractivity contribution is 6.02. The summed E-state index contributed by atoms with van der Waals surface area (Å²) in [6.45, 7) is 1.45. The second kappa shape index (κ2) is 9.89. The van der Waals surface area contributed by atoms with Crippen molar-refractivity contribution in [3.63, 3.8) is 0 Å². The quantitative estimate of drug-likeness (QED) is 0.368. The van der Waals surface area contributed by atoms with Gasteiger partial charge in [-0.3, -0.25) is 24.0 Å². The van der Waals surface area contributed by atoms with Gasteiger partial charge in [0.15, 0.2) is 0 Å². The highest BCUT2D eigenvalue weighted by atomic mass is 16.7. The molecule has 2 fully saturated rings. The van der Waals surface area contributed by atoms with Gasteiger partial charge in [-0.1, -0.05) is 6.92 Å². The molecule has 11 heteroatoms. The molecule has 0 aromatic heterocycles. The lowest BCUT2D eigenvalue weighted by molar-refractivity contribution is -0.200. The number of Topliss-reactive ketones (excluding diaryl/α,β-unsaturated/α-hetero) is 1. The van der Waals surface area contributed by atoms with Gasteiger partial charge in [-0.15, -0.1) is 10.1 Å². The van der Waals surface area contributed by atoms with Crippen LogP contribution >= 0.6 is 0 Å². The van der Waals surface area contributed by atoms with Crippen LogP contribution in [-0.2, 0) is 43.2 Å². The van der Waals surface area contributed by atoms with Crippen molar-refractivity contribution < 1.29 is 43.2 Å². The number of hydrogen-bond donors (Lipinski definition) is 0. The van der Waals surface area contributed by atoms with E-state index in [2.05, 4.69) is 0 Å². The molecule has 0 aromatic carbocycles. The number of ketones is 1. The van der Waals surface area contributed by atoms with Gasteiger partial charge in [0.2, 0.25) is 0 Å². The molecule has 0 bridgehead atoms. The maximum atomic E-state index is 12.0. The number of carbonyl (C=O) groups excluding carboxylic acids is 7. The number of hydroxylamine groups is 4. The maximum absolute atomic E-state index is 12.0. The highest BCUT2D eigenvalue weighted by Gasteiger charge is 2.34. The zero-order valence-corrected chi connectivity index (χ0v) is 16.0. The van der Waals surface area contributed by atoms with E-state index in [1.807, 2.05) is 0 Å². The number of rotatable bonds is 10. The molecule has 0 unspecified atom stereocenters. The highest BCUT2D eigenvalue weighted by Crippen LogP contribution is 2.17. The summed E-state index contributed by atoms with van der Waals surface area (Å²) >= 11 is 0. The van der Waals surface area contributed by atoms with Crippen LogP contribution in [0.25, 0.3) is 0 Å². The molecular formula is C18H22N2O9. The van der Waals surface area contributed by atoms with Crippen molar-refractivity contribution in [2.24, 2.45) is 5.92 Å². The predicted molar refractivity (Wildman–Crippen MR) is 91.6 cm³/mol. The Morgan fingerprint density at radius 2 is 1.24 bits per heavy atom. The van der Waals surface area contributed by atoms with E-state index >= 15 is 0 Å². The Morgan fingerprint density at radius 3 is 1.76 bits per heavy atom. The standard InChI is InChI=1S/C18H22N2O9/c1-11(18(27)29-20-15(24)8-9-16(20)25)10-12(21)4-2-3-5-17(26)28-19-13(22)6-7-14(19)23/h11H,2-10H2,1H3/t11-/m1/s1. The van der Waals surface area contributed by atoms with E-state index < -0.39 is 41.5 Å². The van der Waals surface area contributed by atoms with Gasteiger partial charge in [0, 0.05) is 44.9 Å². The molecule has 4 amide bonds. The zero-order chi connectivity index (χ0) is 21.6. The van der Waals surface area contributed by atoms with E-state index in [1.54, 1.807) is 0 Å². The number of amides is 4. The van der Waals surface area contributed by atoms with Crippen LogP contribution in [0.15, 0.2) is 0 Å². The van der Waals surface area contributed by atoms with Gasteiger partial charge in [0.05, 0.1) is 5.92 Å². The third-order valence-corrected chi connectivity index (χ3v) is 4.41. The van der Waals surface area contributed by atoms with Crippen LogP contribution in [0.5, 0.6) is 0 Å². The largest absolute Gasteiger partial charge is 0.336 e. The van der Waals surface area contributed by atoms with E-state index in [1.165, 1.54) is 6.92 Å². The first kappa shape index (κ1) is 22.2. The average molecular weight is 410 g/mol. The molecule has 0 saturated carbocycles. The van der Waals surface area contributed by atoms with Gasteiger partial charge in [0.25, 0.3) is 23.6 Å². The van der Waals surface area contributed by atoms with Crippen LogP contribution in [0, 0.1) is 5.92 Å². The van der Waals surface area contributed by atoms with Crippen molar-refractivity contribution in [1.29, 1.82) is 0 Å². The number of nitrogens with zero attached hydrogens (tertiary/aromatic N) is 2. The second-order valence-corrected chi connectivity index (χ2v) is 6.89. The second-order valence-electron chi connectivity index (χ2n) is 6.89. The molecule has 2 saturated heterocycles. The summed E-state index contributed by atoms with van der Waals surface area (Å²) in [5.74, 6) is -4.96. The van der Waals surface area contributed by atoms with Crippen molar-refractivity contribution in [3.8, 4) is 0 Å². The molecule has 0 N–H and O–H groups in total. The number of unbranched alkanes of at least 4 members (excludes halogenated alkanes) is 1. The molecule has 0 spiro atoms. The normalized spacial score (nSPS) is 17.7. The molecule has 1 atom stereocenters. The Balaban J connectivity index is 1.62. The molecule has 29 heavy (non-hydrogen) atoms. The number of imide groups is 2. The average Bonchev–Trinajstić information content (AvgIpc) is 3.15. The molecule has 158 valence electrons. The Morgan fingerprint density at radius 1 is 0.793 bits per heavy atom. The molecule has 0 aliphatic carbocycles. The van der Waals surface area contributed by atoms with Gasteiger partial charge in [0.1, 0.15) is 5.78 Å². The Labute approximate surface area is 166 Å². The first-order valence-electron chi connectivity index (χ1n) is 9.35. The van der Waals surface area contributed by atoms with Crippen LogP contribution in [0.4, 0.5) is 0 Å². The molecule has 0 aromatic rings. The summed E-state index contributed by atoms with van der Waals surface area (Å²) < 4.78 is 0. The van der Waals surface area contributed by atoms with Crippen molar-refractivity contribution in [2.75, 3.05) is 0 Å². The monoisotopic (exact) mass is 410 g/mol. The van der Waals surface area contributed by atoms with Crippen molar-refractivity contribution in [1.82, 2.24) is 10.1 Å². The van der Waals surface area contributed by atoms with E-state index in [0.29, 0.717) is 23.0 Å². The molecule has 0 radical (unpaired) electrons. The summed E-state index contributed by atoms with van der Waals surface area (Å²) in [5, 5.41) is 0.904. The molecule has 2 aliphatic heterocycles. The fraction of sp³-hybridized carbons (Fsp3) is 0.611. The van der Waals surface area contributed by atoms with Crippen LogP contribution in [0.2, 0.25) is 0 Å². The third-order valence-electron chi connectivity index (χ3n) is 4.41. The molecular weight excluding hydrogens is 388 g/mol. The van der Waals surface area contributed by atoms with Gasteiger partial charge in [-0.2, -0.15) is 0 Å². The lowest BCUT2D eigenvalue weighted by Gasteiger charge is -2.15. The Kier molecular flexibility index (Phi) is 7.57.